The van der Waals surface area contributed by atoms with Crippen LogP contribution in [0.15, 0.2) is 41.3 Å². The molecule has 0 saturated carbocycles. The third-order valence-corrected chi connectivity index (χ3v) is 5.62. The van der Waals surface area contributed by atoms with Crippen LogP contribution in [0.5, 0.6) is 5.75 Å². The minimum Gasteiger partial charge on any atom is -0.486 e. The van der Waals surface area contributed by atoms with Crippen molar-refractivity contribution >= 4 is 52.2 Å². The molecule has 1 fully saturated rings. The molecular weight excluding hydrogens is 431 g/mol. The largest absolute Gasteiger partial charge is 0.486 e. The van der Waals surface area contributed by atoms with E-state index in [1.165, 1.54) is 4.90 Å². The number of rotatable bonds is 6. The van der Waals surface area contributed by atoms with Crippen molar-refractivity contribution in [1.29, 1.82) is 5.26 Å². The van der Waals surface area contributed by atoms with E-state index in [1.807, 2.05) is 13.0 Å². The molecule has 1 aliphatic rings. The standard InChI is InChI=1S/C21H16Cl2N2O3S/c1-2-7-25-20(26)18(29-21(25)27)10-13-8-16(22)19(17(23)9-13)28-12-15-6-4-3-5-14(15)11-24/h3-6,8-10H,2,7,12H2,1H3/b18-10+. The van der Waals surface area contributed by atoms with Gasteiger partial charge in [-0.2, -0.15) is 5.26 Å². The normalized spacial score (nSPS) is 15.1. The van der Waals surface area contributed by atoms with Gasteiger partial charge in [0.15, 0.2) is 5.75 Å². The Hall–Kier alpha value is -2.46. The number of carbonyl (C=O) groups is 2. The molecule has 0 aliphatic carbocycles. The van der Waals surface area contributed by atoms with E-state index in [0.29, 0.717) is 29.0 Å². The van der Waals surface area contributed by atoms with Gasteiger partial charge in [-0.05, 0) is 48.0 Å². The number of amides is 2. The molecule has 0 radical (unpaired) electrons. The number of carbonyl (C=O) groups excluding carboxylic acids is 2. The van der Waals surface area contributed by atoms with Crippen molar-refractivity contribution in [2.24, 2.45) is 0 Å². The van der Waals surface area contributed by atoms with Gasteiger partial charge in [-0.15, -0.1) is 0 Å². The fourth-order valence-electron chi connectivity index (χ4n) is 2.77. The van der Waals surface area contributed by atoms with Gasteiger partial charge in [-0.3, -0.25) is 14.5 Å². The van der Waals surface area contributed by atoms with Gasteiger partial charge in [0, 0.05) is 12.1 Å². The summed E-state index contributed by atoms with van der Waals surface area (Å²) in [6, 6.07) is 12.4. The molecule has 148 valence electrons. The molecule has 1 heterocycles. The Labute approximate surface area is 182 Å². The first-order valence-electron chi connectivity index (χ1n) is 8.79. The van der Waals surface area contributed by atoms with Gasteiger partial charge in [0.1, 0.15) is 6.61 Å². The summed E-state index contributed by atoms with van der Waals surface area (Å²) in [4.78, 5) is 25.9. The summed E-state index contributed by atoms with van der Waals surface area (Å²) in [5, 5.41) is 9.43. The molecule has 8 heteroatoms. The third-order valence-electron chi connectivity index (χ3n) is 4.15. The Morgan fingerprint density at radius 2 is 1.90 bits per heavy atom. The van der Waals surface area contributed by atoms with Gasteiger partial charge in [0.2, 0.25) is 0 Å². The molecule has 2 amide bonds. The summed E-state index contributed by atoms with van der Waals surface area (Å²) in [6.45, 7) is 2.43. The topological polar surface area (TPSA) is 70.4 Å². The number of hydrogen-bond acceptors (Lipinski definition) is 5. The Morgan fingerprint density at radius 3 is 2.55 bits per heavy atom. The SMILES string of the molecule is CCCN1C(=O)S/C(=C/c2cc(Cl)c(OCc3ccccc3C#N)c(Cl)c2)C1=O. The lowest BCUT2D eigenvalue weighted by Gasteiger charge is -2.12. The molecule has 0 N–H and O–H groups in total. The maximum absolute atomic E-state index is 12.4. The fourth-order valence-corrected chi connectivity index (χ4v) is 4.25. The van der Waals surface area contributed by atoms with E-state index in [0.717, 1.165) is 17.3 Å². The van der Waals surface area contributed by atoms with Crippen LogP contribution in [0.1, 0.15) is 30.0 Å². The van der Waals surface area contributed by atoms with E-state index in [1.54, 1.807) is 36.4 Å². The third kappa shape index (κ3) is 4.76. The van der Waals surface area contributed by atoms with Crippen LogP contribution >= 0.6 is 35.0 Å². The molecule has 2 aromatic rings. The number of imide groups is 1. The van der Waals surface area contributed by atoms with E-state index in [9.17, 15) is 9.59 Å². The summed E-state index contributed by atoms with van der Waals surface area (Å²) >= 11 is 13.6. The van der Waals surface area contributed by atoms with Gasteiger partial charge in [0.05, 0.1) is 26.6 Å². The molecule has 0 bridgehead atoms. The van der Waals surface area contributed by atoms with Crippen LogP contribution in [-0.2, 0) is 11.4 Å². The first-order valence-corrected chi connectivity index (χ1v) is 10.4. The predicted octanol–water partition coefficient (Wildman–Crippen LogP) is 5.89. The van der Waals surface area contributed by atoms with E-state index in [2.05, 4.69) is 6.07 Å². The highest BCUT2D eigenvalue weighted by Crippen LogP contribution is 2.37. The van der Waals surface area contributed by atoms with Crippen LogP contribution in [0.2, 0.25) is 10.0 Å². The first kappa shape index (κ1) is 21.3. The highest BCUT2D eigenvalue weighted by molar-refractivity contribution is 8.18. The molecule has 5 nitrogen and oxygen atoms in total. The van der Waals surface area contributed by atoms with Crippen LogP contribution in [0.3, 0.4) is 0 Å². The minimum atomic E-state index is -0.317. The van der Waals surface area contributed by atoms with Crippen molar-refractivity contribution < 1.29 is 14.3 Å². The Balaban J connectivity index is 1.80. The second-order valence-corrected chi connectivity index (χ2v) is 8.01. The number of hydrogen-bond donors (Lipinski definition) is 0. The molecular formula is C21H16Cl2N2O3S. The molecule has 2 aromatic carbocycles. The van der Waals surface area contributed by atoms with Gasteiger partial charge >= 0.3 is 0 Å². The molecule has 0 spiro atoms. The van der Waals surface area contributed by atoms with Crippen LogP contribution in [0.4, 0.5) is 4.79 Å². The highest BCUT2D eigenvalue weighted by atomic mass is 35.5. The van der Waals surface area contributed by atoms with Crippen LogP contribution in [-0.4, -0.2) is 22.6 Å². The molecule has 3 rings (SSSR count). The van der Waals surface area contributed by atoms with Gasteiger partial charge in [-0.1, -0.05) is 48.3 Å². The summed E-state index contributed by atoms with van der Waals surface area (Å²) in [5.41, 5.74) is 1.82. The molecule has 0 atom stereocenters. The monoisotopic (exact) mass is 446 g/mol. The first-order chi connectivity index (χ1) is 13.9. The zero-order valence-corrected chi connectivity index (χ0v) is 17.8. The second-order valence-electron chi connectivity index (χ2n) is 6.20. The smallest absolute Gasteiger partial charge is 0.293 e. The van der Waals surface area contributed by atoms with Crippen LogP contribution in [0, 0.1) is 11.3 Å². The van der Waals surface area contributed by atoms with Crippen LogP contribution < -0.4 is 4.74 Å². The number of thioether (sulfide) groups is 1. The lowest BCUT2D eigenvalue weighted by Crippen LogP contribution is -2.28. The maximum atomic E-state index is 12.4. The number of ether oxygens (including phenoxy) is 1. The van der Waals surface area contributed by atoms with Crippen molar-refractivity contribution in [3.8, 4) is 11.8 Å². The lowest BCUT2D eigenvalue weighted by molar-refractivity contribution is -0.122. The van der Waals surface area contributed by atoms with Gasteiger partial charge < -0.3 is 4.74 Å². The van der Waals surface area contributed by atoms with Crippen LogP contribution in [0.25, 0.3) is 6.08 Å². The average molecular weight is 447 g/mol. The van der Waals surface area contributed by atoms with E-state index < -0.39 is 0 Å². The lowest BCUT2D eigenvalue weighted by atomic mass is 10.1. The number of benzene rings is 2. The summed E-state index contributed by atoms with van der Waals surface area (Å²) in [7, 11) is 0. The van der Waals surface area contributed by atoms with Crippen molar-refractivity contribution in [1.82, 2.24) is 4.90 Å². The van der Waals surface area contributed by atoms with Crippen molar-refractivity contribution in [2.45, 2.75) is 20.0 Å². The highest BCUT2D eigenvalue weighted by Gasteiger charge is 2.34. The molecule has 1 saturated heterocycles. The number of halogens is 2. The van der Waals surface area contributed by atoms with E-state index >= 15 is 0 Å². The summed E-state index contributed by atoms with van der Waals surface area (Å²) in [6.07, 6.45) is 2.29. The number of nitrogens with zero attached hydrogens (tertiary/aromatic N) is 2. The zero-order valence-electron chi connectivity index (χ0n) is 15.4. The zero-order chi connectivity index (χ0) is 21.0. The Kier molecular flexibility index (Phi) is 6.86. The van der Waals surface area contributed by atoms with E-state index in [4.69, 9.17) is 33.2 Å². The quantitative estimate of drug-likeness (QED) is 0.517. The fraction of sp³-hybridized carbons (Fsp3) is 0.190. The minimum absolute atomic E-state index is 0.137. The second kappa shape index (κ2) is 9.36. The molecule has 0 aromatic heterocycles. The van der Waals surface area contributed by atoms with Gasteiger partial charge in [-0.25, -0.2) is 0 Å². The summed E-state index contributed by atoms with van der Waals surface area (Å²) < 4.78 is 5.74. The van der Waals surface area contributed by atoms with Crippen molar-refractivity contribution in [3.63, 3.8) is 0 Å². The maximum Gasteiger partial charge on any atom is 0.293 e. The average Bonchev–Trinajstić information content (AvgIpc) is 2.95. The van der Waals surface area contributed by atoms with Crippen molar-refractivity contribution in [3.05, 3.63) is 68.0 Å². The summed E-state index contributed by atoms with van der Waals surface area (Å²) in [5.74, 6) is -0.0279. The Bertz CT molecular complexity index is 1020. The predicted molar refractivity (Wildman–Crippen MR) is 115 cm³/mol. The number of nitriles is 1. The Morgan fingerprint density at radius 1 is 1.21 bits per heavy atom. The van der Waals surface area contributed by atoms with Crippen molar-refractivity contribution in [2.75, 3.05) is 6.54 Å². The molecule has 1 aliphatic heterocycles. The van der Waals surface area contributed by atoms with Gasteiger partial charge in [0.25, 0.3) is 11.1 Å². The molecule has 29 heavy (non-hydrogen) atoms. The molecule has 0 unspecified atom stereocenters. The van der Waals surface area contributed by atoms with E-state index in [-0.39, 0.29) is 33.5 Å².